The fourth-order valence-electron chi connectivity index (χ4n) is 1.64. The Kier molecular flexibility index (Phi) is 3.77. The summed E-state index contributed by atoms with van der Waals surface area (Å²) in [6.07, 6.45) is 3.25. The summed E-state index contributed by atoms with van der Waals surface area (Å²) in [5, 5.41) is 6.77. The Balaban J connectivity index is 2.08. The fourth-order valence-corrected chi connectivity index (χ4v) is 1.64. The van der Waals surface area contributed by atoms with Crippen molar-refractivity contribution >= 4 is 0 Å². The van der Waals surface area contributed by atoms with Crippen LogP contribution in [0.4, 0.5) is 0 Å². The summed E-state index contributed by atoms with van der Waals surface area (Å²) in [5.41, 5.74) is 3.32. The first-order chi connectivity index (χ1) is 8.29. The molecule has 1 N–H and O–H groups in total. The number of hydrogen-bond acceptors (Lipinski definition) is 4. The van der Waals surface area contributed by atoms with Crippen LogP contribution in [0.2, 0.25) is 0 Å². The highest BCUT2D eigenvalue weighted by Crippen LogP contribution is 2.21. The van der Waals surface area contributed by atoms with Crippen LogP contribution in [0.15, 0.2) is 35.2 Å². The summed E-state index contributed by atoms with van der Waals surface area (Å²) in [6, 6.07) is 6.16. The van der Waals surface area contributed by atoms with E-state index in [2.05, 4.69) is 23.5 Å². The van der Waals surface area contributed by atoms with E-state index >= 15 is 0 Å². The number of benzene rings is 1. The van der Waals surface area contributed by atoms with Gasteiger partial charge in [-0.25, -0.2) is 0 Å². The quantitative estimate of drug-likeness (QED) is 0.859. The van der Waals surface area contributed by atoms with Gasteiger partial charge in [-0.3, -0.25) is 0 Å². The van der Waals surface area contributed by atoms with Crippen molar-refractivity contribution in [1.29, 1.82) is 0 Å². The molecule has 1 heterocycles. The summed E-state index contributed by atoms with van der Waals surface area (Å²) in [6.45, 7) is 3.34. The predicted molar refractivity (Wildman–Crippen MR) is 64.8 cm³/mol. The second-order valence-corrected chi connectivity index (χ2v) is 3.96. The summed E-state index contributed by atoms with van der Waals surface area (Å²) in [5.74, 6) is 0.895. The van der Waals surface area contributed by atoms with Crippen molar-refractivity contribution in [2.45, 2.75) is 20.1 Å². The van der Waals surface area contributed by atoms with Crippen LogP contribution in [0.25, 0.3) is 0 Å². The molecule has 1 aromatic heterocycles. The molecule has 0 bridgehead atoms. The third-order valence-corrected chi connectivity index (χ3v) is 2.46. The van der Waals surface area contributed by atoms with Crippen LogP contribution in [0.1, 0.15) is 16.7 Å². The zero-order valence-electron chi connectivity index (χ0n) is 10.1. The highest BCUT2D eigenvalue weighted by Gasteiger charge is 2.04. The molecule has 2 aromatic rings. The Morgan fingerprint density at radius 2 is 2.29 bits per heavy atom. The van der Waals surface area contributed by atoms with E-state index in [9.17, 15) is 0 Å². The van der Waals surface area contributed by atoms with Gasteiger partial charge in [-0.05, 0) is 20.0 Å². The maximum Gasteiger partial charge on any atom is 0.130 e. The molecule has 0 saturated carbocycles. The Hall–Kier alpha value is -1.81. The van der Waals surface area contributed by atoms with Crippen LogP contribution in [0.3, 0.4) is 0 Å². The molecular weight excluding hydrogens is 216 g/mol. The Bertz CT molecular complexity index is 466. The lowest BCUT2D eigenvalue weighted by Gasteiger charge is -2.11. The monoisotopic (exact) mass is 232 g/mol. The molecule has 0 spiro atoms. The molecule has 0 aliphatic rings. The fraction of sp³-hybridized carbons (Fsp3) is 0.308. The molecule has 0 amide bonds. The number of aryl methyl sites for hydroxylation is 1. The van der Waals surface area contributed by atoms with E-state index in [1.54, 1.807) is 12.5 Å². The average Bonchev–Trinajstić information content (AvgIpc) is 2.81. The smallest absolute Gasteiger partial charge is 0.130 e. The topological polar surface area (TPSA) is 47.3 Å². The molecule has 90 valence electrons. The Morgan fingerprint density at radius 3 is 3.00 bits per heavy atom. The molecule has 1 aromatic carbocycles. The Labute approximate surface area is 101 Å². The van der Waals surface area contributed by atoms with Gasteiger partial charge in [0.25, 0.3) is 0 Å². The molecule has 17 heavy (non-hydrogen) atoms. The zero-order valence-corrected chi connectivity index (χ0v) is 10.1. The minimum absolute atomic E-state index is 0.475. The van der Waals surface area contributed by atoms with E-state index in [0.29, 0.717) is 6.61 Å². The first kappa shape index (κ1) is 11.7. The standard InChI is InChI=1S/C13H16N2O2/c1-10-3-4-13(12(5-10)7-14-2)16-8-11-6-15-17-9-11/h3-6,9,14H,7-8H2,1-2H3. The normalized spacial score (nSPS) is 10.5. The van der Waals surface area contributed by atoms with Crippen LogP contribution < -0.4 is 10.1 Å². The van der Waals surface area contributed by atoms with Gasteiger partial charge < -0.3 is 14.6 Å². The summed E-state index contributed by atoms with van der Waals surface area (Å²) in [4.78, 5) is 0. The van der Waals surface area contributed by atoms with Crippen LogP contribution in [-0.2, 0) is 13.2 Å². The maximum absolute atomic E-state index is 5.75. The van der Waals surface area contributed by atoms with Gasteiger partial charge in [-0.15, -0.1) is 0 Å². The van der Waals surface area contributed by atoms with E-state index in [1.807, 2.05) is 19.2 Å². The first-order valence-electron chi connectivity index (χ1n) is 5.55. The van der Waals surface area contributed by atoms with Crippen molar-refractivity contribution in [3.8, 4) is 5.75 Å². The highest BCUT2D eigenvalue weighted by molar-refractivity contribution is 5.36. The third kappa shape index (κ3) is 3.07. The minimum atomic E-state index is 0.475. The SMILES string of the molecule is CNCc1cc(C)ccc1OCc1cnoc1. The Morgan fingerprint density at radius 1 is 1.41 bits per heavy atom. The van der Waals surface area contributed by atoms with E-state index < -0.39 is 0 Å². The molecule has 0 aliphatic heterocycles. The van der Waals surface area contributed by atoms with Crippen molar-refractivity contribution in [3.63, 3.8) is 0 Å². The van der Waals surface area contributed by atoms with Crippen molar-refractivity contribution in [2.75, 3.05) is 7.05 Å². The molecule has 0 atom stereocenters. The zero-order chi connectivity index (χ0) is 12.1. The second kappa shape index (κ2) is 5.50. The van der Waals surface area contributed by atoms with Gasteiger partial charge in [0.1, 0.15) is 18.6 Å². The maximum atomic E-state index is 5.75. The molecule has 2 rings (SSSR count). The largest absolute Gasteiger partial charge is 0.488 e. The van der Waals surface area contributed by atoms with Gasteiger partial charge in [-0.2, -0.15) is 0 Å². The van der Waals surface area contributed by atoms with Crippen LogP contribution in [0.5, 0.6) is 5.75 Å². The van der Waals surface area contributed by atoms with Crippen LogP contribution >= 0.6 is 0 Å². The number of rotatable bonds is 5. The lowest BCUT2D eigenvalue weighted by Crippen LogP contribution is -2.07. The van der Waals surface area contributed by atoms with Crippen LogP contribution in [0, 0.1) is 6.92 Å². The van der Waals surface area contributed by atoms with E-state index in [-0.39, 0.29) is 0 Å². The van der Waals surface area contributed by atoms with E-state index in [0.717, 1.165) is 23.4 Å². The number of hydrogen-bond donors (Lipinski definition) is 1. The summed E-state index contributed by atoms with van der Waals surface area (Å²) >= 11 is 0. The van der Waals surface area contributed by atoms with E-state index in [4.69, 9.17) is 9.26 Å². The molecule has 0 aliphatic carbocycles. The van der Waals surface area contributed by atoms with E-state index in [1.165, 1.54) is 5.56 Å². The van der Waals surface area contributed by atoms with Crippen LogP contribution in [-0.4, -0.2) is 12.2 Å². The molecule has 0 fully saturated rings. The van der Waals surface area contributed by atoms with Gasteiger partial charge in [-0.1, -0.05) is 22.9 Å². The second-order valence-electron chi connectivity index (χ2n) is 3.96. The van der Waals surface area contributed by atoms with Crippen molar-refractivity contribution in [1.82, 2.24) is 10.5 Å². The molecule has 4 heteroatoms. The lowest BCUT2D eigenvalue weighted by molar-refractivity contribution is 0.300. The number of nitrogens with zero attached hydrogens (tertiary/aromatic N) is 1. The van der Waals surface area contributed by atoms with Crippen molar-refractivity contribution in [3.05, 3.63) is 47.3 Å². The number of ether oxygens (including phenoxy) is 1. The van der Waals surface area contributed by atoms with Gasteiger partial charge in [0.15, 0.2) is 0 Å². The molecule has 0 radical (unpaired) electrons. The third-order valence-electron chi connectivity index (χ3n) is 2.46. The average molecular weight is 232 g/mol. The van der Waals surface area contributed by atoms with Crippen molar-refractivity contribution < 1.29 is 9.26 Å². The molecule has 0 unspecified atom stereocenters. The molecule has 0 saturated heterocycles. The number of nitrogens with one attached hydrogen (secondary N) is 1. The molecular formula is C13H16N2O2. The molecule has 4 nitrogen and oxygen atoms in total. The van der Waals surface area contributed by atoms with Gasteiger partial charge >= 0.3 is 0 Å². The summed E-state index contributed by atoms with van der Waals surface area (Å²) < 4.78 is 10.5. The van der Waals surface area contributed by atoms with Gasteiger partial charge in [0.05, 0.1) is 6.20 Å². The lowest BCUT2D eigenvalue weighted by atomic mass is 10.1. The van der Waals surface area contributed by atoms with Crippen molar-refractivity contribution in [2.24, 2.45) is 0 Å². The van der Waals surface area contributed by atoms with Gasteiger partial charge in [0.2, 0.25) is 0 Å². The highest BCUT2D eigenvalue weighted by atomic mass is 16.5. The number of aromatic nitrogens is 1. The van der Waals surface area contributed by atoms with Gasteiger partial charge in [0, 0.05) is 17.7 Å². The first-order valence-corrected chi connectivity index (χ1v) is 5.55. The summed E-state index contributed by atoms with van der Waals surface area (Å²) in [7, 11) is 1.92. The minimum Gasteiger partial charge on any atom is -0.488 e. The predicted octanol–water partition coefficient (Wildman–Crippen LogP) is 2.28.